The minimum absolute atomic E-state index is 0.0203. The first-order chi connectivity index (χ1) is 9.56. The number of non-ortho nitro benzene ring substituents is 1. The zero-order valence-electron chi connectivity index (χ0n) is 10.8. The average molecular weight is 291 g/mol. The van der Waals surface area contributed by atoms with Crippen molar-refractivity contribution in [3.05, 3.63) is 58.0 Å². The van der Waals surface area contributed by atoms with Crippen LogP contribution in [0.1, 0.15) is 11.3 Å². The molecule has 0 aliphatic rings. The Hall–Kier alpha value is -2.41. The van der Waals surface area contributed by atoms with E-state index in [1.54, 1.807) is 18.4 Å². The maximum absolute atomic E-state index is 10.7. The minimum Gasteiger partial charge on any atom is -0.467 e. The third-order valence-electron chi connectivity index (χ3n) is 2.68. The van der Waals surface area contributed by atoms with Gasteiger partial charge in [0.15, 0.2) is 5.11 Å². The van der Waals surface area contributed by atoms with Crippen LogP contribution in [0.3, 0.4) is 0 Å². The van der Waals surface area contributed by atoms with Gasteiger partial charge in [-0.05, 0) is 36.8 Å². The lowest BCUT2D eigenvalue weighted by molar-refractivity contribution is -0.384. The summed E-state index contributed by atoms with van der Waals surface area (Å²) in [6.45, 7) is 2.30. The first-order valence-electron chi connectivity index (χ1n) is 5.88. The predicted molar refractivity (Wildman–Crippen MR) is 79.6 cm³/mol. The Morgan fingerprint density at radius 3 is 2.90 bits per heavy atom. The van der Waals surface area contributed by atoms with Crippen LogP contribution in [0.4, 0.5) is 11.4 Å². The zero-order chi connectivity index (χ0) is 14.5. The molecule has 0 radical (unpaired) electrons. The van der Waals surface area contributed by atoms with Crippen molar-refractivity contribution in [1.82, 2.24) is 5.32 Å². The summed E-state index contributed by atoms with van der Waals surface area (Å²) in [5.74, 6) is 0.755. The van der Waals surface area contributed by atoms with Crippen molar-refractivity contribution in [2.75, 3.05) is 5.32 Å². The van der Waals surface area contributed by atoms with Gasteiger partial charge in [0.2, 0.25) is 0 Å². The topological polar surface area (TPSA) is 80.3 Å². The van der Waals surface area contributed by atoms with E-state index in [0.29, 0.717) is 17.3 Å². The summed E-state index contributed by atoms with van der Waals surface area (Å²) in [7, 11) is 0. The van der Waals surface area contributed by atoms with Crippen molar-refractivity contribution < 1.29 is 9.34 Å². The molecule has 0 fully saturated rings. The number of thiocarbonyl (C=S) groups is 1. The monoisotopic (exact) mass is 291 g/mol. The largest absolute Gasteiger partial charge is 0.467 e. The van der Waals surface area contributed by atoms with Crippen molar-refractivity contribution in [3.8, 4) is 0 Å². The Kier molecular flexibility index (Phi) is 4.31. The van der Waals surface area contributed by atoms with E-state index in [0.717, 1.165) is 11.3 Å². The molecule has 20 heavy (non-hydrogen) atoms. The van der Waals surface area contributed by atoms with Crippen LogP contribution >= 0.6 is 12.2 Å². The molecule has 2 N–H and O–H groups in total. The van der Waals surface area contributed by atoms with Gasteiger partial charge in [0, 0.05) is 17.8 Å². The van der Waals surface area contributed by atoms with Gasteiger partial charge in [-0.1, -0.05) is 6.07 Å². The van der Waals surface area contributed by atoms with Crippen molar-refractivity contribution in [2.45, 2.75) is 13.5 Å². The van der Waals surface area contributed by atoms with Crippen molar-refractivity contribution in [3.63, 3.8) is 0 Å². The molecule has 6 nitrogen and oxygen atoms in total. The van der Waals surface area contributed by atoms with Gasteiger partial charge in [-0.2, -0.15) is 0 Å². The fourth-order valence-electron chi connectivity index (χ4n) is 1.61. The molecule has 0 bridgehead atoms. The van der Waals surface area contributed by atoms with Gasteiger partial charge in [-0.3, -0.25) is 10.1 Å². The molecule has 2 rings (SSSR count). The number of nitrogens with one attached hydrogen (secondary N) is 2. The Morgan fingerprint density at radius 2 is 2.25 bits per heavy atom. The fourth-order valence-corrected chi connectivity index (χ4v) is 1.79. The van der Waals surface area contributed by atoms with E-state index in [1.807, 2.05) is 13.0 Å². The summed E-state index contributed by atoms with van der Waals surface area (Å²) in [6.07, 6.45) is 1.58. The lowest BCUT2D eigenvalue weighted by Gasteiger charge is -2.11. The number of benzene rings is 1. The molecule has 0 saturated carbocycles. The molecule has 1 aromatic carbocycles. The number of anilines is 1. The van der Waals surface area contributed by atoms with Gasteiger partial charge in [0.05, 0.1) is 17.7 Å². The number of nitro benzene ring substituents is 1. The number of rotatable bonds is 4. The van der Waals surface area contributed by atoms with Gasteiger partial charge in [0.25, 0.3) is 5.69 Å². The third-order valence-corrected chi connectivity index (χ3v) is 2.93. The maximum Gasteiger partial charge on any atom is 0.271 e. The van der Waals surface area contributed by atoms with Gasteiger partial charge in [-0.15, -0.1) is 0 Å². The number of aryl methyl sites for hydroxylation is 1. The van der Waals surface area contributed by atoms with Crippen LogP contribution in [0.2, 0.25) is 0 Å². The Morgan fingerprint density at radius 1 is 1.45 bits per heavy atom. The van der Waals surface area contributed by atoms with Crippen molar-refractivity contribution in [2.24, 2.45) is 0 Å². The second-order valence-corrected chi connectivity index (χ2v) is 4.55. The molecule has 104 valence electrons. The van der Waals surface area contributed by atoms with Gasteiger partial charge < -0.3 is 15.1 Å². The smallest absolute Gasteiger partial charge is 0.271 e. The van der Waals surface area contributed by atoms with Crippen molar-refractivity contribution in [1.29, 1.82) is 0 Å². The minimum atomic E-state index is -0.441. The number of furan rings is 1. The Balaban J connectivity index is 2.00. The van der Waals surface area contributed by atoms with E-state index >= 15 is 0 Å². The highest BCUT2D eigenvalue weighted by Crippen LogP contribution is 2.21. The quantitative estimate of drug-likeness (QED) is 0.512. The summed E-state index contributed by atoms with van der Waals surface area (Å²) < 4.78 is 5.17. The zero-order valence-corrected chi connectivity index (χ0v) is 11.6. The second kappa shape index (κ2) is 6.16. The van der Waals surface area contributed by atoms with E-state index < -0.39 is 4.92 Å². The number of nitro groups is 1. The highest BCUT2D eigenvalue weighted by Gasteiger charge is 2.09. The molecule has 1 heterocycles. The normalized spacial score (nSPS) is 10.1. The molecule has 7 heteroatoms. The second-order valence-electron chi connectivity index (χ2n) is 4.14. The van der Waals surface area contributed by atoms with E-state index in [1.165, 1.54) is 12.1 Å². The van der Waals surface area contributed by atoms with E-state index in [-0.39, 0.29) is 5.69 Å². The highest BCUT2D eigenvalue weighted by atomic mass is 32.1. The van der Waals surface area contributed by atoms with Gasteiger partial charge >= 0.3 is 0 Å². The first kappa shape index (κ1) is 14.0. The molecular formula is C13H13N3O3S. The molecular weight excluding hydrogens is 278 g/mol. The van der Waals surface area contributed by atoms with E-state index in [2.05, 4.69) is 10.6 Å². The summed E-state index contributed by atoms with van der Waals surface area (Å²) in [4.78, 5) is 10.3. The van der Waals surface area contributed by atoms with Crippen LogP contribution < -0.4 is 10.6 Å². The molecule has 0 saturated heterocycles. The van der Waals surface area contributed by atoms with E-state index in [4.69, 9.17) is 16.6 Å². The molecule has 2 aromatic rings. The van der Waals surface area contributed by atoms with Gasteiger partial charge in [-0.25, -0.2) is 0 Å². The predicted octanol–water partition coefficient (Wildman–Crippen LogP) is 2.98. The van der Waals surface area contributed by atoms with Crippen LogP contribution in [-0.2, 0) is 6.54 Å². The molecule has 0 aliphatic heterocycles. The maximum atomic E-state index is 10.7. The summed E-state index contributed by atoms with van der Waals surface area (Å²) in [5.41, 5.74) is 1.50. The van der Waals surface area contributed by atoms with Crippen LogP contribution in [0.15, 0.2) is 41.0 Å². The third kappa shape index (κ3) is 3.55. The van der Waals surface area contributed by atoms with Crippen LogP contribution in [0.5, 0.6) is 0 Å². The molecule has 1 aromatic heterocycles. The summed E-state index contributed by atoms with van der Waals surface area (Å²) >= 11 is 5.14. The van der Waals surface area contributed by atoms with Crippen LogP contribution in [0.25, 0.3) is 0 Å². The van der Waals surface area contributed by atoms with Crippen LogP contribution in [-0.4, -0.2) is 10.0 Å². The SMILES string of the molecule is Cc1ccc([N+](=O)[O-])cc1NC(=S)NCc1ccco1. The molecule has 0 aliphatic carbocycles. The molecule has 0 unspecified atom stereocenters. The summed E-state index contributed by atoms with van der Waals surface area (Å²) in [6, 6.07) is 8.21. The number of hydrogen-bond donors (Lipinski definition) is 2. The Labute approximate surface area is 120 Å². The first-order valence-corrected chi connectivity index (χ1v) is 6.29. The van der Waals surface area contributed by atoms with E-state index in [9.17, 15) is 10.1 Å². The lowest BCUT2D eigenvalue weighted by atomic mass is 10.2. The lowest BCUT2D eigenvalue weighted by Crippen LogP contribution is -2.28. The van der Waals surface area contributed by atoms with Gasteiger partial charge in [0.1, 0.15) is 5.76 Å². The average Bonchev–Trinajstić information content (AvgIpc) is 2.92. The van der Waals surface area contributed by atoms with Crippen molar-refractivity contribution >= 4 is 28.7 Å². The Bertz CT molecular complexity index is 626. The number of hydrogen-bond acceptors (Lipinski definition) is 4. The van der Waals surface area contributed by atoms with Crippen LogP contribution in [0, 0.1) is 17.0 Å². The highest BCUT2D eigenvalue weighted by molar-refractivity contribution is 7.80. The standard InChI is InChI=1S/C13H13N3O3S/c1-9-4-5-10(16(17)18)7-12(9)15-13(20)14-8-11-3-2-6-19-11/h2-7H,8H2,1H3,(H2,14,15,20). The molecule has 0 amide bonds. The summed E-state index contributed by atoms with van der Waals surface area (Å²) in [5, 5.41) is 17.0. The number of nitrogens with zero attached hydrogens (tertiary/aromatic N) is 1. The molecule has 0 spiro atoms. The molecule has 0 atom stereocenters. The fraction of sp³-hybridized carbons (Fsp3) is 0.154.